The summed E-state index contributed by atoms with van der Waals surface area (Å²) in [6.07, 6.45) is 0.639. The molecule has 0 rings (SSSR count). The van der Waals surface area contributed by atoms with Crippen LogP contribution in [0.25, 0.3) is 0 Å². The molecule has 0 aliphatic rings. The smallest absolute Gasteiger partial charge is 1.00 e. The molecular weight excluding hydrogens is 308 g/mol. The van der Waals surface area contributed by atoms with Crippen LogP contribution in [0, 0.1) is 6.61 Å². The molecule has 0 aromatic heterocycles. The van der Waals surface area contributed by atoms with Crippen molar-refractivity contribution in [2.24, 2.45) is 0 Å². The van der Waals surface area contributed by atoms with Crippen LogP contribution in [0.15, 0.2) is 0 Å². The molecule has 0 unspecified atom stereocenters. The molecule has 0 radical (unpaired) electrons. The monoisotopic (exact) mass is 313 g/mol. The van der Waals surface area contributed by atoms with E-state index < -0.39 is 0 Å². The predicted molar refractivity (Wildman–Crippen MR) is 14.6 cm³/mol. The Hall–Kier alpha value is 5.38. The third-order valence-electron chi connectivity index (χ3n) is 0.167. The zero-order chi connectivity index (χ0) is 3.41. The van der Waals surface area contributed by atoms with E-state index in [1.165, 1.54) is 0 Å². The zero-order valence-electron chi connectivity index (χ0n) is 5.69. The van der Waals surface area contributed by atoms with Gasteiger partial charge in [-0.05, 0) is 0 Å². The second-order valence-electron chi connectivity index (χ2n) is 0.575. The molecule has 0 fully saturated rings. The third-order valence-corrected chi connectivity index (χ3v) is 0.167. The molecule has 0 aliphatic carbocycles. The molecular formula is C3H6ORb3+. The Morgan fingerprint density at radius 2 is 1.43 bits per heavy atom. The molecule has 0 amide bonds. The largest absolute Gasteiger partial charge is 1.03 e. The molecule has 0 bridgehead atoms. The first-order valence-corrected chi connectivity index (χ1v) is 1.35. The average Bonchev–Trinajstić information content (AvgIpc) is 1.37. The van der Waals surface area contributed by atoms with Crippen LogP contribution >= 0.6 is 0 Å². The van der Waals surface area contributed by atoms with Gasteiger partial charge in [0.15, 0.2) is 0 Å². The number of hydrogen-bond acceptors (Lipinski definition) is 1. The molecule has 1 nitrogen and oxygen atoms in total. The van der Waals surface area contributed by atoms with E-state index in [9.17, 15) is 5.11 Å². The van der Waals surface area contributed by atoms with Crippen molar-refractivity contribution in [3.8, 4) is 0 Å². The molecule has 0 aromatic carbocycles. The fourth-order valence-corrected chi connectivity index (χ4v) is 0. The Morgan fingerprint density at radius 1 is 1.29 bits per heavy atom. The fraction of sp³-hybridized carbons (Fsp3) is 0.667. The fourth-order valence-electron chi connectivity index (χ4n) is 0. The molecule has 0 atom stereocenters. The van der Waals surface area contributed by atoms with Crippen molar-refractivity contribution in [3.05, 3.63) is 6.61 Å². The van der Waals surface area contributed by atoms with E-state index in [4.69, 9.17) is 0 Å². The minimum atomic E-state index is 0. The molecule has 0 aromatic rings. The van der Waals surface area contributed by atoms with Crippen LogP contribution in [0.5, 0.6) is 0 Å². The molecule has 7 heavy (non-hydrogen) atoms. The van der Waals surface area contributed by atoms with E-state index in [0.29, 0.717) is 6.42 Å². The first-order valence-electron chi connectivity index (χ1n) is 1.35. The summed E-state index contributed by atoms with van der Waals surface area (Å²) in [6, 6.07) is 0. The van der Waals surface area contributed by atoms with E-state index in [0.717, 1.165) is 6.61 Å². The van der Waals surface area contributed by atoms with Gasteiger partial charge < -0.3 is 11.7 Å². The third kappa shape index (κ3) is 24.6. The van der Waals surface area contributed by atoms with Crippen molar-refractivity contribution in [1.82, 2.24) is 0 Å². The normalized spacial score (nSPS) is 4.29. The Morgan fingerprint density at radius 3 is 1.43 bits per heavy atom. The van der Waals surface area contributed by atoms with E-state index in [1.807, 2.05) is 6.92 Å². The summed E-state index contributed by atoms with van der Waals surface area (Å²) in [5.41, 5.74) is 0. The van der Waals surface area contributed by atoms with Crippen LogP contribution < -0.4 is 180 Å². The molecule has 26 valence electrons. The standard InChI is InChI=1S/C3H6O.3Rb/c1-2-3-4;;;/h3H,2H2,1H3;;;/q-2;3*+1. The van der Waals surface area contributed by atoms with Crippen LogP contribution in [0.2, 0.25) is 0 Å². The van der Waals surface area contributed by atoms with Gasteiger partial charge in [0.25, 0.3) is 0 Å². The number of hydrogen-bond donors (Lipinski definition) is 0. The molecule has 0 aliphatic heterocycles. The van der Waals surface area contributed by atoms with Crippen molar-refractivity contribution in [2.75, 3.05) is 0 Å². The van der Waals surface area contributed by atoms with Gasteiger partial charge in [0.2, 0.25) is 0 Å². The number of rotatable bonds is 1. The summed E-state index contributed by atoms with van der Waals surface area (Å²) in [5, 5.41) is 9.17. The Labute approximate surface area is 192 Å². The Kier molecular flexibility index (Phi) is 73.4. The van der Waals surface area contributed by atoms with Gasteiger partial charge in [-0.1, -0.05) is 6.92 Å². The van der Waals surface area contributed by atoms with Crippen LogP contribution in [0.1, 0.15) is 13.3 Å². The van der Waals surface area contributed by atoms with Crippen LogP contribution in [-0.2, 0) is 0 Å². The van der Waals surface area contributed by atoms with Gasteiger partial charge in [0.1, 0.15) is 0 Å². The molecule has 0 spiro atoms. The maximum absolute atomic E-state index is 9.17. The summed E-state index contributed by atoms with van der Waals surface area (Å²) >= 11 is 0. The first-order chi connectivity index (χ1) is 1.91. The summed E-state index contributed by atoms with van der Waals surface area (Å²) in [6.45, 7) is 2.69. The molecule has 0 saturated heterocycles. The van der Waals surface area contributed by atoms with Crippen molar-refractivity contribution in [2.45, 2.75) is 13.3 Å². The van der Waals surface area contributed by atoms with Gasteiger partial charge in [-0.15, -0.1) is 0 Å². The summed E-state index contributed by atoms with van der Waals surface area (Å²) in [7, 11) is 0. The van der Waals surface area contributed by atoms with Gasteiger partial charge >= 0.3 is 175 Å². The molecule has 0 heterocycles. The Balaban J connectivity index is -0.0000000150. The van der Waals surface area contributed by atoms with E-state index in [-0.39, 0.29) is 175 Å². The van der Waals surface area contributed by atoms with Crippen LogP contribution in [0.3, 0.4) is 0 Å². The average molecular weight is 314 g/mol. The second-order valence-corrected chi connectivity index (χ2v) is 0.575. The van der Waals surface area contributed by atoms with Crippen molar-refractivity contribution < 1.29 is 180 Å². The van der Waals surface area contributed by atoms with E-state index >= 15 is 0 Å². The summed E-state index contributed by atoms with van der Waals surface area (Å²) in [4.78, 5) is 0. The Bertz CT molecular complexity index is 12.1. The summed E-state index contributed by atoms with van der Waals surface area (Å²) in [5.74, 6) is 0. The SMILES string of the molecule is CC[CH-][O-].[Rb+].[Rb+].[Rb+]. The van der Waals surface area contributed by atoms with Crippen molar-refractivity contribution in [1.29, 1.82) is 0 Å². The maximum Gasteiger partial charge on any atom is 1.00 e. The van der Waals surface area contributed by atoms with Gasteiger partial charge in [-0.2, -0.15) is 0 Å². The van der Waals surface area contributed by atoms with Gasteiger partial charge in [-0.25, -0.2) is 6.42 Å². The molecule has 4 heteroatoms. The predicted octanol–water partition coefficient (Wildman–Crippen LogP) is -9.07. The van der Waals surface area contributed by atoms with Gasteiger partial charge in [-0.3, -0.25) is 0 Å². The zero-order valence-corrected chi connectivity index (χ0v) is 20.4. The molecule has 0 N–H and O–H groups in total. The van der Waals surface area contributed by atoms with Crippen LogP contribution in [0.4, 0.5) is 0 Å². The second kappa shape index (κ2) is 22.5. The van der Waals surface area contributed by atoms with Gasteiger partial charge in [0.05, 0.1) is 0 Å². The summed E-state index contributed by atoms with van der Waals surface area (Å²) < 4.78 is 0. The van der Waals surface area contributed by atoms with E-state index in [1.54, 1.807) is 0 Å². The van der Waals surface area contributed by atoms with Gasteiger partial charge in [0, 0.05) is 0 Å². The van der Waals surface area contributed by atoms with E-state index in [2.05, 4.69) is 0 Å². The topological polar surface area (TPSA) is 23.1 Å². The van der Waals surface area contributed by atoms with Crippen molar-refractivity contribution >= 4 is 0 Å². The quantitative estimate of drug-likeness (QED) is 0.441. The van der Waals surface area contributed by atoms with Crippen molar-refractivity contribution in [3.63, 3.8) is 0 Å². The first kappa shape index (κ1) is 22.8. The van der Waals surface area contributed by atoms with Crippen LogP contribution in [-0.4, -0.2) is 0 Å². The minimum absolute atomic E-state index is 0. The minimum Gasteiger partial charge on any atom is -1.03 e. The molecule has 0 saturated carbocycles. The maximum atomic E-state index is 9.17.